The number of nitrogens with zero attached hydrogens (tertiary/aromatic N) is 1. The molecule has 0 amide bonds. The maximum absolute atomic E-state index is 12.6. The average Bonchev–Trinajstić information content (AvgIpc) is 2.99. The first-order valence-electron chi connectivity index (χ1n) is 8.90. The predicted octanol–water partition coefficient (Wildman–Crippen LogP) is 5.45. The van der Waals surface area contributed by atoms with E-state index < -0.39 is 10.0 Å². The first-order valence-corrected chi connectivity index (χ1v) is 10.7. The van der Waals surface area contributed by atoms with E-state index in [0.29, 0.717) is 4.84 Å². The molecule has 0 saturated carbocycles. The number of sulfonamides is 1. The van der Waals surface area contributed by atoms with Crippen LogP contribution < -0.4 is 5.32 Å². The second kappa shape index (κ2) is 7.52. The fourth-order valence-electron chi connectivity index (χ4n) is 2.98. The molecule has 6 nitrogen and oxygen atoms in total. The second-order valence-electron chi connectivity index (χ2n) is 7.10. The third-order valence-electron chi connectivity index (χ3n) is 4.50. The molecule has 0 spiro atoms. The molecule has 1 heterocycles. The molecule has 3 aromatic rings. The van der Waals surface area contributed by atoms with Crippen LogP contribution >= 0.6 is 12.2 Å². The van der Waals surface area contributed by atoms with E-state index in [-0.39, 0.29) is 16.6 Å². The Morgan fingerprint density at radius 1 is 1.21 bits per heavy atom. The Kier molecular flexibility index (Phi) is 5.45. The van der Waals surface area contributed by atoms with Gasteiger partial charge in [0, 0.05) is 11.3 Å². The van der Waals surface area contributed by atoms with Crippen LogP contribution in [0, 0.1) is 18.7 Å². The highest BCUT2D eigenvalue weighted by Gasteiger charge is 2.17. The van der Waals surface area contributed by atoms with Crippen molar-refractivity contribution in [2.45, 2.75) is 45.4 Å². The SMILES string of the molecule is CC(=NS(=O)(=O)c1ccc(C)cc1)Nc1cc(C(C)C)c2oc(=S)[nH]c2c1C. The van der Waals surface area contributed by atoms with Crippen LogP contribution in [-0.4, -0.2) is 19.2 Å². The van der Waals surface area contributed by atoms with Gasteiger partial charge in [0.05, 0.1) is 10.4 Å². The summed E-state index contributed by atoms with van der Waals surface area (Å²) in [5.74, 6) is 0.478. The molecule has 0 saturated heterocycles. The molecule has 0 fully saturated rings. The third-order valence-corrected chi connectivity index (χ3v) is 6.07. The van der Waals surface area contributed by atoms with Crippen molar-refractivity contribution >= 4 is 44.9 Å². The van der Waals surface area contributed by atoms with Crippen molar-refractivity contribution in [1.82, 2.24) is 4.98 Å². The van der Waals surface area contributed by atoms with Crippen LogP contribution in [-0.2, 0) is 10.0 Å². The van der Waals surface area contributed by atoms with Crippen LogP contribution in [0.5, 0.6) is 0 Å². The fraction of sp³-hybridized carbons (Fsp3) is 0.300. The van der Waals surface area contributed by atoms with Gasteiger partial charge in [-0.1, -0.05) is 31.5 Å². The zero-order valence-corrected chi connectivity index (χ0v) is 18.1. The molecular weight excluding hydrogens is 394 g/mol. The molecule has 2 N–H and O–H groups in total. The first kappa shape index (κ1) is 20.3. The van der Waals surface area contributed by atoms with Crippen molar-refractivity contribution in [1.29, 1.82) is 0 Å². The van der Waals surface area contributed by atoms with Gasteiger partial charge in [0.15, 0.2) is 5.58 Å². The summed E-state index contributed by atoms with van der Waals surface area (Å²) in [5.41, 5.74) is 5.12. The molecule has 0 bridgehead atoms. The average molecular weight is 418 g/mol. The lowest BCUT2D eigenvalue weighted by molar-refractivity contribution is 0.576. The van der Waals surface area contributed by atoms with E-state index in [1.54, 1.807) is 31.2 Å². The molecule has 148 valence electrons. The molecule has 28 heavy (non-hydrogen) atoms. The molecule has 0 aliphatic rings. The quantitative estimate of drug-likeness (QED) is 0.335. The summed E-state index contributed by atoms with van der Waals surface area (Å²) in [6.07, 6.45) is 0. The zero-order chi connectivity index (χ0) is 20.6. The minimum atomic E-state index is -3.79. The molecule has 1 aromatic heterocycles. The minimum Gasteiger partial charge on any atom is -0.429 e. The summed E-state index contributed by atoms with van der Waals surface area (Å²) in [7, 11) is -3.79. The molecule has 3 rings (SSSR count). The maximum Gasteiger partial charge on any atom is 0.283 e. The third kappa shape index (κ3) is 4.02. The lowest BCUT2D eigenvalue weighted by atomic mass is 9.98. The summed E-state index contributed by atoms with van der Waals surface area (Å²) in [6, 6.07) is 8.56. The van der Waals surface area contributed by atoms with Crippen molar-refractivity contribution in [3.8, 4) is 0 Å². The molecular formula is C20H23N3O3S2. The number of aromatic nitrogens is 1. The number of nitrogens with one attached hydrogen (secondary N) is 2. The van der Waals surface area contributed by atoms with Crippen molar-refractivity contribution in [3.63, 3.8) is 0 Å². The summed E-state index contributed by atoms with van der Waals surface area (Å²) in [5, 5.41) is 3.12. The first-order chi connectivity index (χ1) is 13.1. The number of aromatic amines is 1. The van der Waals surface area contributed by atoms with E-state index in [9.17, 15) is 8.42 Å². The number of anilines is 1. The van der Waals surface area contributed by atoms with E-state index in [4.69, 9.17) is 16.6 Å². The van der Waals surface area contributed by atoms with Crippen LogP contribution in [0.1, 0.15) is 43.4 Å². The van der Waals surface area contributed by atoms with Crippen molar-refractivity contribution in [2.75, 3.05) is 5.32 Å². The monoisotopic (exact) mass is 417 g/mol. The van der Waals surface area contributed by atoms with Gasteiger partial charge < -0.3 is 14.7 Å². The van der Waals surface area contributed by atoms with Crippen LogP contribution in [0.15, 0.2) is 44.0 Å². The highest BCUT2D eigenvalue weighted by atomic mass is 32.2. The number of benzene rings is 2. The molecule has 0 atom stereocenters. The van der Waals surface area contributed by atoms with Crippen molar-refractivity contribution in [3.05, 3.63) is 51.9 Å². The maximum atomic E-state index is 12.6. The Morgan fingerprint density at radius 3 is 2.46 bits per heavy atom. The zero-order valence-electron chi connectivity index (χ0n) is 16.5. The Morgan fingerprint density at radius 2 is 1.86 bits per heavy atom. The number of oxazole rings is 1. The number of amidine groups is 1. The number of H-pyrrole nitrogens is 1. The van der Waals surface area contributed by atoms with Crippen LogP contribution in [0.25, 0.3) is 11.1 Å². The van der Waals surface area contributed by atoms with Gasteiger partial charge in [0.2, 0.25) is 0 Å². The molecule has 0 aliphatic carbocycles. The van der Waals surface area contributed by atoms with Gasteiger partial charge in [-0.05, 0) is 62.7 Å². The lowest BCUT2D eigenvalue weighted by Gasteiger charge is -2.14. The highest BCUT2D eigenvalue weighted by molar-refractivity contribution is 7.90. The number of hydrogen-bond acceptors (Lipinski definition) is 4. The molecule has 2 aromatic carbocycles. The smallest absolute Gasteiger partial charge is 0.283 e. The minimum absolute atomic E-state index is 0.160. The Labute approximate surface area is 169 Å². The molecule has 0 unspecified atom stereocenters. The normalized spacial score (nSPS) is 12.7. The number of fused-ring (bicyclic) bond motifs is 1. The molecule has 0 aliphatic heterocycles. The van der Waals surface area contributed by atoms with E-state index >= 15 is 0 Å². The lowest BCUT2D eigenvalue weighted by Crippen LogP contribution is -2.12. The largest absolute Gasteiger partial charge is 0.429 e. The van der Waals surface area contributed by atoms with Crippen LogP contribution in [0.3, 0.4) is 0 Å². The highest BCUT2D eigenvalue weighted by Crippen LogP contribution is 2.33. The topological polar surface area (TPSA) is 87.5 Å². The molecule has 8 heteroatoms. The van der Waals surface area contributed by atoms with Crippen molar-refractivity contribution in [2.24, 2.45) is 4.40 Å². The summed E-state index contributed by atoms with van der Waals surface area (Å²) in [6.45, 7) is 9.56. The standard InChI is InChI=1S/C20H23N3O3S2/c1-11(2)16-10-17(13(4)18-19(16)26-20(27)22-18)21-14(5)23-28(24,25)15-8-6-12(3)7-9-15/h6-11H,1-5H3,(H,21,23)(H,22,27). The van der Waals surface area contributed by atoms with E-state index in [1.165, 1.54) is 0 Å². The van der Waals surface area contributed by atoms with Gasteiger partial charge in [0.25, 0.3) is 14.9 Å². The van der Waals surface area contributed by atoms with Gasteiger partial charge in [-0.25, -0.2) is 0 Å². The molecule has 0 radical (unpaired) electrons. The number of rotatable bonds is 4. The number of hydrogen-bond donors (Lipinski definition) is 2. The number of aryl methyl sites for hydroxylation is 2. The summed E-state index contributed by atoms with van der Waals surface area (Å²) >= 11 is 5.14. The predicted molar refractivity (Wildman–Crippen MR) is 115 cm³/mol. The van der Waals surface area contributed by atoms with Gasteiger partial charge >= 0.3 is 0 Å². The van der Waals surface area contributed by atoms with Gasteiger partial charge in [-0.3, -0.25) is 0 Å². The van der Waals surface area contributed by atoms with E-state index in [2.05, 4.69) is 28.5 Å². The Balaban J connectivity index is 2.02. The van der Waals surface area contributed by atoms with Crippen LogP contribution in [0.4, 0.5) is 5.69 Å². The summed E-state index contributed by atoms with van der Waals surface area (Å²) in [4.78, 5) is 3.54. The van der Waals surface area contributed by atoms with E-state index in [1.807, 2.05) is 19.9 Å². The summed E-state index contributed by atoms with van der Waals surface area (Å²) < 4.78 is 34.7. The van der Waals surface area contributed by atoms with Gasteiger partial charge in [-0.2, -0.15) is 8.42 Å². The Bertz CT molecular complexity index is 1220. The Hall–Kier alpha value is -2.45. The van der Waals surface area contributed by atoms with Crippen molar-refractivity contribution < 1.29 is 12.8 Å². The second-order valence-corrected chi connectivity index (χ2v) is 9.08. The van der Waals surface area contributed by atoms with Gasteiger partial charge in [0.1, 0.15) is 5.84 Å². The fourth-order valence-corrected chi connectivity index (χ4v) is 4.16. The van der Waals surface area contributed by atoms with Crippen LogP contribution in [0.2, 0.25) is 0 Å². The van der Waals surface area contributed by atoms with Gasteiger partial charge in [-0.15, -0.1) is 4.40 Å². The van der Waals surface area contributed by atoms with E-state index in [0.717, 1.165) is 33.5 Å².